The van der Waals surface area contributed by atoms with Gasteiger partial charge in [0.25, 0.3) is 0 Å². The largest absolute Gasteiger partial charge is 0.396 e. The van der Waals surface area contributed by atoms with Crippen LogP contribution in [0, 0.1) is 28.6 Å². The molecule has 4 aliphatic rings. The van der Waals surface area contributed by atoms with E-state index in [4.69, 9.17) is 0 Å². The van der Waals surface area contributed by atoms with E-state index in [1.54, 1.807) is 6.92 Å². The number of hydrogen-bond donors (Lipinski definition) is 3. The summed E-state index contributed by atoms with van der Waals surface area (Å²) < 4.78 is 0. The summed E-state index contributed by atoms with van der Waals surface area (Å²) in [4.78, 5) is 12.7. The van der Waals surface area contributed by atoms with Crippen molar-refractivity contribution in [2.45, 2.75) is 83.8 Å². The van der Waals surface area contributed by atoms with E-state index in [-0.39, 0.29) is 35.7 Å². The maximum atomic E-state index is 12.7. The lowest BCUT2D eigenvalue weighted by Crippen LogP contribution is -2.59. The molecule has 0 aromatic rings. The number of fused-ring (bicyclic) bond motifs is 5. The van der Waals surface area contributed by atoms with Crippen molar-refractivity contribution in [2.24, 2.45) is 28.6 Å². The fourth-order valence-corrected chi connectivity index (χ4v) is 7.40. The normalized spacial score (nSPS) is 50.8. The topological polar surface area (TPSA) is 77.8 Å². The zero-order valence-corrected chi connectivity index (χ0v) is 16.4. The zero-order valence-electron chi connectivity index (χ0n) is 16.4. The molecule has 0 aromatic heterocycles. The van der Waals surface area contributed by atoms with Crippen LogP contribution in [-0.2, 0) is 4.79 Å². The predicted octanol–water partition coefficient (Wildman–Crippen LogP) is 2.99. The molecule has 4 rings (SSSR count). The second-order valence-corrected chi connectivity index (χ2v) is 10.1. The minimum absolute atomic E-state index is 0.0215. The van der Waals surface area contributed by atoms with Crippen molar-refractivity contribution in [3.63, 3.8) is 0 Å². The van der Waals surface area contributed by atoms with E-state index >= 15 is 0 Å². The Morgan fingerprint density at radius 1 is 1.15 bits per heavy atom. The third-order valence-electron chi connectivity index (χ3n) is 9.08. The first-order chi connectivity index (χ1) is 12.2. The average molecular weight is 363 g/mol. The quantitative estimate of drug-likeness (QED) is 0.706. The van der Waals surface area contributed by atoms with Crippen LogP contribution in [0.15, 0.2) is 11.1 Å². The Morgan fingerprint density at radius 2 is 1.88 bits per heavy atom. The molecule has 4 nitrogen and oxygen atoms in total. The Hall–Kier alpha value is -0.710. The van der Waals surface area contributed by atoms with Crippen LogP contribution < -0.4 is 0 Å². The number of hydrogen-bond acceptors (Lipinski definition) is 4. The van der Waals surface area contributed by atoms with Gasteiger partial charge in [0, 0.05) is 17.9 Å². The summed E-state index contributed by atoms with van der Waals surface area (Å²) in [6, 6.07) is 0. The van der Waals surface area contributed by atoms with E-state index < -0.39 is 11.0 Å². The molecule has 0 unspecified atom stereocenters. The van der Waals surface area contributed by atoms with E-state index in [0.29, 0.717) is 12.3 Å². The second kappa shape index (κ2) is 5.89. The molecule has 0 radical (unpaired) electrons. The summed E-state index contributed by atoms with van der Waals surface area (Å²) in [5, 5.41) is 32.0. The smallest absolute Gasteiger partial charge is 0.155 e. The molecule has 0 heterocycles. The number of carbonyl (C=O) groups excluding carboxylic acids is 1. The number of carbonyl (C=O) groups is 1. The summed E-state index contributed by atoms with van der Waals surface area (Å²) in [6.07, 6.45) is 6.30. The van der Waals surface area contributed by atoms with Gasteiger partial charge >= 0.3 is 0 Å². The van der Waals surface area contributed by atoms with Gasteiger partial charge in [-0.3, -0.25) is 4.79 Å². The van der Waals surface area contributed by atoms with Crippen LogP contribution in [-0.4, -0.2) is 39.4 Å². The number of aliphatic hydroxyl groups is 3. The molecule has 146 valence electrons. The fourth-order valence-electron chi connectivity index (χ4n) is 7.40. The number of ketones is 1. The maximum Gasteiger partial charge on any atom is 0.155 e. The van der Waals surface area contributed by atoms with Crippen LogP contribution in [0.1, 0.15) is 72.1 Å². The molecule has 0 amide bonds. The lowest BCUT2D eigenvalue weighted by molar-refractivity contribution is -0.141. The standard InChI is InChI=1S/C22H34O4/c1-13(24)17-11-21(3)15(12-23)6-9-22(21,26)18-5-4-14-10-16(25)7-8-20(14,2)19(17)18/h14-16,18,23,25-26H,4-12H2,1-3H3/t14-,15+,16+,18-,20+,21+,22-/m1/s1. The van der Waals surface area contributed by atoms with Crippen LogP contribution in [0.3, 0.4) is 0 Å². The van der Waals surface area contributed by atoms with Crippen LogP contribution >= 0.6 is 0 Å². The summed E-state index contributed by atoms with van der Waals surface area (Å²) in [5.41, 5.74) is 0.808. The molecule has 0 saturated heterocycles. The molecule has 0 aliphatic heterocycles. The monoisotopic (exact) mass is 362 g/mol. The first-order valence-corrected chi connectivity index (χ1v) is 10.4. The second-order valence-electron chi connectivity index (χ2n) is 10.1. The molecule has 26 heavy (non-hydrogen) atoms. The van der Waals surface area contributed by atoms with Gasteiger partial charge in [0.15, 0.2) is 5.78 Å². The fraction of sp³-hybridized carbons (Fsp3) is 0.864. The molecule has 3 fully saturated rings. The van der Waals surface area contributed by atoms with Gasteiger partial charge in [-0.25, -0.2) is 0 Å². The maximum absolute atomic E-state index is 12.7. The molecule has 0 bridgehead atoms. The average Bonchev–Trinajstić information content (AvgIpc) is 2.85. The van der Waals surface area contributed by atoms with E-state index in [1.165, 1.54) is 5.57 Å². The van der Waals surface area contributed by atoms with Gasteiger partial charge in [0.05, 0.1) is 11.7 Å². The molecule has 4 aliphatic carbocycles. The van der Waals surface area contributed by atoms with Gasteiger partial charge in [0.1, 0.15) is 0 Å². The number of Topliss-reactive ketones (excluding diaryl/α,β-unsaturated/α-hetero) is 1. The van der Waals surface area contributed by atoms with E-state index in [1.807, 2.05) is 0 Å². The highest BCUT2D eigenvalue weighted by molar-refractivity contribution is 5.95. The Morgan fingerprint density at radius 3 is 2.54 bits per heavy atom. The highest BCUT2D eigenvalue weighted by Crippen LogP contribution is 2.68. The molecule has 3 saturated carbocycles. The number of aliphatic hydroxyl groups excluding tert-OH is 2. The highest BCUT2D eigenvalue weighted by Gasteiger charge is 2.66. The molecule has 7 atom stereocenters. The van der Waals surface area contributed by atoms with Crippen molar-refractivity contribution in [1.82, 2.24) is 0 Å². The third-order valence-corrected chi connectivity index (χ3v) is 9.08. The first kappa shape index (κ1) is 18.6. The van der Waals surface area contributed by atoms with Gasteiger partial charge in [0.2, 0.25) is 0 Å². The molecular formula is C22H34O4. The van der Waals surface area contributed by atoms with Crippen molar-refractivity contribution in [3.05, 3.63) is 11.1 Å². The zero-order chi connectivity index (χ0) is 18.9. The van der Waals surface area contributed by atoms with Gasteiger partial charge < -0.3 is 15.3 Å². The van der Waals surface area contributed by atoms with E-state index in [0.717, 1.165) is 50.5 Å². The Bertz CT molecular complexity index is 655. The number of allylic oxidation sites excluding steroid dienone is 1. The van der Waals surface area contributed by atoms with Crippen molar-refractivity contribution >= 4 is 5.78 Å². The van der Waals surface area contributed by atoms with Crippen molar-refractivity contribution in [2.75, 3.05) is 6.61 Å². The molecule has 0 aromatic carbocycles. The summed E-state index contributed by atoms with van der Waals surface area (Å²) >= 11 is 0. The number of rotatable bonds is 2. The minimum Gasteiger partial charge on any atom is -0.396 e. The van der Waals surface area contributed by atoms with Gasteiger partial charge in [-0.2, -0.15) is 0 Å². The van der Waals surface area contributed by atoms with Crippen molar-refractivity contribution in [1.29, 1.82) is 0 Å². The SMILES string of the molecule is CC(=O)C1=C2[C@@H](CC[C@@H]3C[C@@H](O)CC[C@]23C)[C@]2(O)CC[C@@H](CO)[C@]2(C)C1. The first-order valence-electron chi connectivity index (χ1n) is 10.4. The van der Waals surface area contributed by atoms with E-state index in [9.17, 15) is 20.1 Å². The Balaban J connectivity index is 1.87. The van der Waals surface area contributed by atoms with Crippen LogP contribution in [0.25, 0.3) is 0 Å². The summed E-state index contributed by atoms with van der Waals surface area (Å²) in [6.45, 7) is 6.12. The van der Waals surface area contributed by atoms with Gasteiger partial charge in [-0.1, -0.05) is 19.4 Å². The molecular weight excluding hydrogens is 328 g/mol. The lowest BCUT2D eigenvalue weighted by Gasteiger charge is -2.60. The van der Waals surface area contributed by atoms with Crippen LogP contribution in [0.4, 0.5) is 0 Å². The van der Waals surface area contributed by atoms with Crippen molar-refractivity contribution in [3.8, 4) is 0 Å². The Kier molecular flexibility index (Phi) is 4.22. The predicted molar refractivity (Wildman–Crippen MR) is 99.4 cm³/mol. The van der Waals surface area contributed by atoms with Crippen molar-refractivity contribution < 1.29 is 20.1 Å². The molecule has 4 heteroatoms. The third kappa shape index (κ3) is 2.21. The van der Waals surface area contributed by atoms with Gasteiger partial charge in [-0.05, 0) is 81.1 Å². The van der Waals surface area contributed by atoms with Crippen LogP contribution in [0.5, 0.6) is 0 Å². The van der Waals surface area contributed by atoms with E-state index in [2.05, 4.69) is 13.8 Å². The Labute approximate surface area is 156 Å². The summed E-state index contributed by atoms with van der Waals surface area (Å²) in [7, 11) is 0. The highest BCUT2D eigenvalue weighted by atomic mass is 16.3. The van der Waals surface area contributed by atoms with Crippen LogP contribution in [0.2, 0.25) is 0 Å². The van der Waals surface area contributed by atoms with Gasteiger partial charge in [-0.15, -0.1) is 0 Å². The summed E-state index contributed by atoms with van der Waals surface area (Å²) in [5.74, 6) is 0.606. The molecule has 3 N–H and O–H groups in total. The lowest BCUT2D eigenvalue weighted by atomic mass is 9.45. The minimum atomic E-state index is -0.821. The molecule has 0 spiro atoms.